The van der Waals surface area contributed by atoms with Gasteiger partial charge in [0.15, 0.2) is 0 Å². The standard InChI is InChI=1S/C48H56F2N8O6Si/c1-25(2)39(55-45(61)63-5)43(59)57-23-47(15-16-47)20-37(57)41-51-21-36(54-41)29-10-13-31-30-12-9-27(17-32(30)48(49,50)33(31)18-29)28-11-14-34-35(19-28)53-42(52-34)38-22-65(7,8)24-58(38)44(60)40(26(3)4)56-46(62)64-6/h9-14,17-19,21,25-26,37-40H,15-16,20,22-24H2,1-8H3,(H,51,54)(H,52,53)(H,55,61)(H,56,62)/t37-,38-,39-,40-/m0/s1. The fourth-order valence-electron chi connectivity index (χ4n) is 10.2. The first-order valence-corrected chi connectivity index (χ1v) is 25.8. The number of methoxy groups -OCH3 is 2. The fourth-order valence-corrected chi connectivity index (χ4v) is 13.1. The van der Waals surface area contributed by atoms with Crippen molar-refractivity contribution in [3.8, 4) is 33.5 Å². The number of alkyl carbamates (subject to hydrolysis) is 2. The quantitative estimate of drug-likeness (QED) is 0.101. The molecule has 2 aliphatic heterocycles. The number of hydrogen-bond acceptors (Lipinski definition) is 8. The second-order valence-electron chi connectivity index (χ2n) is 19.9. The zero-order chi connectivity index (χ0) is 46.3. The lowest BCUT2D eigenvalue weighted by molar-refractivity contribution is -0.136. The van der Waals surface area contributed by atoms with E-state index in [1.807, 2.05) is 62.9 Å². The molecule has 9 rings (SSSR count). The van der Waals surface area contributed by atoms with Gasteiger partial charge < -0.3 is 39.9 Å². The third-order valence-electron chi connectivity index (χ3n) is 13.9. The van der Waals surface area contributed by atoms with Gasteiger partial charge in [-0.15, -0.1) is 0 Å². The highest BCUT2D eigenvalue weighted by atomic mass is 28.3. The Balaban J connectivity index is 0.959. The van der Waals surface area contributed by atoms with Crippen molar-refractivity contribution in [2.75, 3.05) is 26.9 Å². The predicted molar refractivity (Wildman–Crippen MR) is 243 cm³/mol. The van der Waals surface area contributed by atoms with Crippen molar-refractivity contribution in [3.05, 3.63) is 83.6 Å². The molecule has 5 aromatic rings. The molecule has 2 aromatic heterocycles. The molecule has 1 spiro atoms. The number of likely N-dealkylation sites (tertiary alicyclic amines) is 1. The van der Waals surface area contributed by atoms with Crippen molar-refractivity contribution in [1.82, 2.24) is 40.4 Å². The van der Waals surface area contributed by atoms with Crippen LogP contribution in [0.15, 0.2) is 60.8 Å². The first kappa shape index (κ1) is 44.1. The number of rotatable bonds is 10. The molecule has 0 radical (unpaired) electrons. The number of benzene rings is 3. The maximum atomic E-state index is 16.7. The van der Waals surface area contributed by atoms with Crippen LogP contribution in [0.5, 0.6) is 0 Å². The topological polar surface area (TPSA) is 175 Å². The number of nitrogens with zero attached hydrogens (tertiary/aromatic N) is 4. The molecule has 17 heteroatoms. The number of aromatic amines is 2. The first-order valence-electron chi connectivity index (χ1n) is 22.3. The van der Waals surface area contributed by atoms with Crippen molar-refractivity contribution >= 4 is 43.1 Å². The zero-order valence-electron chi connectivity index (χ0n) is 38.0. The third kappa shape index (κ3) is 7.94. The highest BCUT2D eigenvalue weighted by Crippen LogP contribution is 2.59. The SMILES string of the molecule is COC(=O)N[C@H](C(=O)N1CC2(CC2)C[C@H]1c1ncc(-c2ccc3c(c2)C(F)(F)c2cc(-c4ccc5nc([C@@H]6C[Si](C)(C)CN6C(=O)[C@@H](NC(=O)OC)C(C)C)[nH]c5c4)ccc2-3)[nH]1)C(C)C. The predicted octanol–water partition coefficient (Wildman–Crippen LogP) is 8.69. The van der Waals surface area contributed by atoms with E-state index in [1.165, 1.54) is 20.3 Å². The van der Waals surface area contributed by atoms with Crippen LogP contribution in [0.1, 0.15) is 81.8 Å². The number of carbonyl (C=O) groups excluding carboxylic acids is 4. The van der Waals surface area contributed by atoms with Gasteiger partial charge in [0.05, 0.1) is 57.3 Å². The maximum Gasteiger partial charge on any atom is 0.407 e. The number of fused-ring (bicyclic) bond motifs is 4. The summed E-state index contributed by atoms with van der Waals surface area (Å²) < 4.78 is 42.9. The van der Waals surface area contributed by atoms with Crippen molar-refractivity contribution < 1.29 is 37.4 Å². The number of halogens is 2. The van der Waals surface area contributed by atoms with Gasteiger partial charge in [0, 0.05) is 29.4 Å². The maximum absolute atomic E-state index is 16.7. The molecule has 342 valence electrons. The van der Waals surface area contributed by atoms with Crippen LogP contribution in [0.3, 0.4) is 0 Å². The minimum atomic E-state index is -3.29. The summed E-state index contributed by atoms with van der Waals surface area (Å²) >= 11 is 0. The molecule has 2 aliphatic carbocycles. The molecule has 1 saturated carbocycles. The summed E-state index contributed by atoms with van der Waals surface area (Å²) in [4.78, 5) is 72.4. The van der Waals surface area contributed by atoms with E-state index in [0.29, 0.717) is 57.8 Å². The molecule has 0 unspecified atom stereocenters. The Morgan fingerprint density at radius 3 is 1.94 bits per heavy atom. The lowest BCUT2D eigenvalue weighted by Gasteiger charge is -2.30. The van der Waals surface area contributed by atoms with Crippen molar-refractivity contribution in [3.63, 3.8) is 0 Å². The van der Waals surface area contributed by atoms with Crippen molar-refractivity contribution in [2.24, 2.45) is 17.3 Å². The van der Waals surface area contributed by atoms with Crippen LogP contribution in [0, 0.1) is 17.3 Å². The Kier molecular flexibility index (Phi) is 10.9. The Labute approximate surface area is 377 Å². The van der Waals surface area contributed by atoms with Gasteiger partial charge in [-0.1, -0.05) is 71.1 Å². The molecule has 3 aromatic carbocycles. The summed E-state index contributed by atoms with van der Waals surface area (Å²) in [5.41, 5.74) is 4.63. The van der Waals surface area contributed by atoms with E-state index in [1.54, 1.807) is 29.3 Å². The highest BCUT2D eigenvalue weighted by Gasteiger charge is 2.55. The summed E-state index contributed by atoms with van der Waals surface area (Å²) in [5, 5.41) is 5.42. The molecule has 4 N–H and O–H groups in total. The highest BCUT2D eigenvalue weighted by molar-refractivity contribution is 6.78. The largest absolute Gasteiger partial charge is 0.453 e. The third-order valence-corrected chi connectivity index (χ3v) is 16.6. The molecule has 4 aliphatic rings. The van der Waals surface area contributed by atoms with Crippen molar-refractivity contribution in [1.29, 1.82) is 0 Å². The number of aromatic nitrogens is 4. The van der Waals surface area contributed by atoms with Crippen molar-refractivity contribution in [2.45, 2.75) is 96.2 Å². The number of ether oxygens (including phenoxy) is 2. The zero-order valence-corrected chi connectivity index (χ0v) is 39.0. The van der Waals surface area contributed by atoms with Crippen LogP contribution in [-0.2, 0) is 25.0 Å². The van der Waals surface area contributed by atoms with Crippen LogP contribution < -0.4 is 10.6 Å². The average Bonchev–Trinajstić information content (AvgIpc) is 3.73. The molecular weight excluding hydrogens is 851 g/mol. The molecule has 3 fully saturated rings. The summed E-state index contributed by atoms with van der Waals surface area (Å²) in [6.45, 7) is 12.5. The fraction of sp³-hybridized carbons (Fsp3) is 0.458. The van der Waals surface area contributed by atoms with Gasteiger partial charge in [-0.3, -0.25) is 9.59 Å². The molecule has 4 amide bonds. The van der Waals surface area contributed by atoms with E-state index >= 15 is 8.78 Å². The monoisotopic (exact) mass is 906 g/mol. The Morgan fingerprint density at radius 1 is 0.769 bits per heavy atom. The molecular formula is C48H56F2N8O6Si. The van der Waals surface area contributed by atoms with E-state index in [-0.39, 0.29) is 52.3 Å². The van der Waals surface area contributed by atoms with Gasteiger partial charge in [0.1, 0.15) is 23.7 Å². The van der Waals surface area contributed by atoms with Crippen LogP contribution >= 0.6 is 0 Å². The van der Waals surface area contributed by atoms with E-state index in [2.05, 4.69) is 33.7 Å². The van der Waals surface area contributed by atoms with E-state index in [9.17, 15) is 19.2 Å². The summed E-state index contributed by atoms with van der Waals surface area (Å²) in [6, 6.07) is 14.5. The minimum Gasteiger partial charge on any atom is -0.453 e. The minimum absolute atomic E-state index is 0.00919. The van der Waals surface area contributed by atoms with Crippen LogP contribution in [0.25, 0.3) is 44.5 Å². The Morgan fingerprint density at radius 2 is 1.34 bits per heavy atom. The summed E-state index contributed by atoms with van der Waals surface area (Å²) in [5.74, 6) is -2.81. The number of amides is 4. The molecule has 2 saturated heterocycles. The van der Waals surface area contributed by atoms with Crippen LogP contribution in [-0.4, -0.2) is 101 Å². The van der Waals surface area contributed by atoms with Gasteiger partial charge >= 0.3 is 12.2 Å². The second-order valence-corrected chi connectivity index (χ2v) is 24.9. The molecule has 65 heavy (non-hydrogen) atoms. The van der Waals surface area contributed by atoms with Gasteiger partial charge in [0.2, 0.25) is 11.8 Å². The molecule has 4 heterocycles. The smallest absolute Gasteiger partial charge is 0.407 e. The first-order chi connectivity index (χ1) is 30.8. The van der Waals surface area contributed by atoms with E-state index in [4.69, 9.17) is 19.4 Å². The number of hydrogen-bond donors (Lipinski definition) is 4. The normalized spacial score (nSPS) is 20.8. The number of nitrogens with one attached hydrogen (secondary N) is 4. The van der Waals surface area contributed by atoms with Gasteiger partial charge in [-0.25, -0.2) is 19.6 Å². The summed E-state index contributed by atoms with van der Waals surface area (Å²) in [7, 11) is 0.682. The lowest BCUT2D eigenvalue weighted by atomic mass is 9.98. The Hall–Kier alpha value is -6.10. The van der Waals surface area contributed by atoms with Crippen LogP contribution in [0.2, 0.25) is 19.1 Å². The molecule has 14 nitrogen and oxygen atoms in total. The lowest BCUT2D eigenvalue weighted by Crippen LogP contribution is -2.52. The molecule has 0 bridgehead atoms. The van der Waals surface area contributed by atoms with Crippen LogP contribution in [0.4, 0.5) is 18.4 Å². The van der Waals surface area contributed by atoms with Gasteiger partial charge in [-0.05, 0) is 89.1 Å². The van der Waals surface area contributed by atoms with Gasteiger partial charge in [-0.2, -0.15) is 8.78 Å². The number of carbonyl (C=O) groups is 4. The average molecular weight is 907 g/mol. The molecule has 4 atom stereocenters. The number of alkyl halides is 2. The van der Waals surface area contributed by atoms with E-state index in [0.717, 1.165) is 36.4 Å². The number of imidazole rings is 2. The number of H-pyrrole nitrogens is 2. The van der Waals surface area contributed by atoms with E-state index < -0.39 is 38.3 Å². The second kappa shape index (κ2) is 16.1. The summed E-state index contributed by atoms with van der Waals surface area (Å²) in [6.07, 6.45) is 3.63. The van der Waals surface area contributed by atoms with Gasteiger partial charge in [0.25, 0.3) is 5.92 Å². The Bertz CT molecular complexity index is 2730.